The summed E-state index contributed by atoms with van der Waals surface area (Å²) in [6.45, 7) is 5.41. The minimum atomic E-state index is -0.196. The lowest BCUT2D eigenvalue weighted by Gasteiger charge is -2.10. The monoisotopic (exact) mass is 252 g/mol. The normalized spacial score (nSPS) is 11.4. The molecule has 0 heterocycles. The zero-order valence-electron chi connectivity index (χ0n) is 11.0. The number of aliphatic imine (C=N–C) groups is 1. The molecule has 1 aromatic rings. The van der Waals surface area contributed by atoms with Crippen LogP contribution in [0.25, 0.3) is 0 Å². The molecule has 0 atom stereocenters. The topological polar surface area (TPSA) is 62.4 Å². The molecule has 0 unspecified atom stereocenters. The predicted octanol–water partition coefficient (Wildman–Crippen LogP) is 1.50. The highest BCUT2D eigenvalue weighted by atomic mass is 19.1. The number of hydrazine groups is 1. The summed E-state index contributed by atoms with van der Waals surface area (Å²) in [5.41, 5.74) is 4.61. The maximum atomic E-state index is 12.9. The van der Waals surface area contributed by atoms with E-state index < -0.39 is 0 Å². The largest absolute Gasteiger partial charge is 0.355 e. The Kier molecular flexibility index (Phi) is 6.14. The summed E-state index contributed by atoms with van der Waals surface area (Å²) in [5, 5.41) is 3.11. The van der Waals surface area contributed by atoms with Crippen molar-refractivity contribution in [2.24, 2.45) is 10.8 Å². The molecule has 18 heavy (non-hydrogen) atoms. The van der Waals surface area contributed by atoms with E-state index in [9.17, 15) is 4.39 Å². The standard InChI is InChI=1S/C13H21FN4/c1-3-7-16-13(18-15)17-8-6-11-4-5-12(14)9-10(11)2/h4-5,9H,3,6-8,15H2,1-2H3,(H2,16,17,18). The van der Waals surface area contributed by atoms with Crippen LogP contribution < -0.4 is 16.6 Å². The Balaban J connectivity index is 2.45. The van der Waals surface area contributed by atoms with Gasteiger partial charge >= 0.3 is 0 Å². The summed E-state index contributed by atoms with van der Waals surface area (Å²) in [4.78, 5) is 4.24. The Labute approximate surface area is 107 Å². The quantitative estimate of drug-likeness (QED) is 0.322. The number of aryl methyl sites for hydroxylation is 1. The molecule has 0 saturated carbocycles. The molecule has 0 radical (unpaired) electrons. The van der Waals surface area contributed by atoms with Gasteiger partial charge in [-0.1, -0.05) is 13.0 Å². The van der Waals surface area contributed by atoms with Crippen LogP contribution in [0.1, 0.15) is 24.5 Å². The number of benzene rings is 1. The summed E-state index contributed by atoms with van der Waals surface area (Å²) in [5.74, 6) is 5.75. The first-order valence-electron chi connectivity index (χ1n) is 6.17. The molecular formula is C13H21FN4. The van der Waals surface area contributed by atoms with Gasteiger partial charge in [0, 0.05) is 13.1 Å². The van der Waals surface area contributed by atoms with Crippen molar-refractivity contribution in [3.05, 3.63) is 35.1 Å². The van der Waals surface area contributed by atoms with Gasteiger partial charge in [-0.05, 0) is 43.0 Å². The van der Waals surface area contributed by atoms with E-state index in [4.69, 9.17) is 5.84 Å². The van der Waals surface area contributed by atoms with E-state index in [0.29, 0.717) is 12.5 Å². The smallest absolute Gasteiger partial charge is 0.205 e. The third-order valence-corrected chi connectivity index (χ3v) is 2.62. The van der Waals surface area contributed by atoms with Crippen molar-refractivity contribution in [3.8, 4) is 0 Å². The van der Waals surface area contributed by atoms with E-state index in [1.54, 1.807) is 6.07 Å². The number of guanidine groups is 1. The number of nitrogens with zero attached hydrogens (tertiary/aromatic N) is 1. The van der Waals surface area contributed by atoms with E-state index >= 15 is 0 Å². The summed E-state index contributed by atoms with van der Waals surface area (Å²) in [6.07, 6.45) is 1.78. The van der Waals surface area contributed by atoms with E-state index in [1.165, 1.54) is 6.07 Å². The maximum absolute atomic E-state index is 12.9. The first kappa shape index (κ1) is 14.4. The van der Waals surface area contributed by atoms with Crippen molar-refractivity contribution in [1.82, 2.24) is 10.7 Å². The molecule has 0 spiro atoms. The van der Waals surface area contributed by atoms with Gasteiger partial charge in [0.1, 0.15) is 5.82 Å². The predicted molar refractivity (Wildman–Crippen MR) is 72.8 cm³/mol. The Morgan fingerprint density at radius 1 is 1.44 bits per heavy atom. The Morgan fingerprint density at radius 3 is 2.83 bits per heavy atom. The lowest BCUT2D eigenvalue weighted by Crippen LogP contribution is -2.42. The van der Waals surface area contributed by atoms with Crippen molar-refractivity contribution in [3.63, 3.8) is 0 Å². The van der Waals surface area contributed by atoms with Gasteiger partial charge in [0.15, 0.2) is 0 Å². The third-order valence-electron chi connectivity index (χ3n) is 2.62. The van der Waals surface area contributed by atoms with Crippen LogP contribution in [0.3, 0.4) is 0 Å². The number of nitrogens with one attached hydrogen (secondary N) is 2. The lowest BCUT2D eigenvalue weighted by molar-refractivity contribution is 0.625. The van der Waals surface area contributed by atoms with E-state index in [-0.39, 0.29) is 5.82 Å². The highest BCUT2D eigenvalue weighted by Gasteiger charge is 2.01. The second-order valence-corrected chi connectivity index (χ2v) is 4.12. The summed E-state index contributed by atoms with van der Waals surface area (Å²) in [6, 6.07) is 4.84. The number of halogens is 1. The molecule has 4 N–H and O–H groups in total. The Bertz CT molecular complexity index is 404. The van der Waals surface area contributed by atoms with E-state index in [2.05, 4.69) is 22.7 Å². The van der Waals surface area contributed by atoms with E-state index in [1.807, 2.05) is 13.0 Å². The summed E-state index contributed by atoms with van der Waals surface area (Å²) in [7, 11) is 0. The molecule has 0 aliphatic carbocycles. The second kappa shape index (κ2) is 7.66. The van der Waals surface area contributed by atoms with Gasteiger partial charge in [0.2, 0.25) is 5.96 Å². The van der Waals surface area contributed by atoms with Crippen LogP contribution in [-0.2, 0) is 6.42 Å². The van der Waals surface area contributed by atoms with Gasteiger partial charge in [-0.2, -0.15) is 0 Å². The molecule has 0 saturated heterocycles. The van der Waals surface area contributed by atoms with Crippen LogP contribution in [-0.4, -0.2) is 19.0 Å². The zero-order valence-corrected chi connectivity index (χ0v) is 11.0. The van der Waals surface area contributed by atoms with Crippen molar-refractivity contribution in [2.45, 2.75) is 26.7 Å². The molecule has 0 bridgehead atoms. The molecule has 1 aromatic carbocycles. The van der Waals surface area contributed by atoms with Gasteiger partial charge < -0.3 is 5.32 Å². The van der Waals surface area contributed by atoms with Crippen molar-refractivity contribution in [2.75, 3.05) is 13.1 Å². The van der Waals surface area contributed by atoms with Gasteiger partial charge in [0.25, 0.3) is 0 Å². The minimum Gasteiger partial charge on any atom is -0.355 e. The van der Waals surface area contributed by atoms with Gasteiger partial charge in [-0.3, -0.25) is 10.4 Å². The van der Waals surface area contributed by atoms with Crippen LogP contribution in [0.15, 0.2) is 23.2 Å². The molecule has 0 aromatic heterocycles. The highest BCUT2D eigenvalue weighted by Crippen LogP contribution is 2.10. The first-order valence-corrected chi connectivity index (χ1v) is 6.17. The van der Waals surface area contributed by atoms with Crippen molar-refractivity contribution < 1.29 is 4.39 Å². The fourth-order valence-corrected chi connectivity index (χ4v) is 1.63. The SMILES string of the molecule is CCCN=C(NN)NCCc1ccc(F)cc1C. The Hall–Kier alpha value is -1.62. The zero-order chi connectivity index (χ0) is 13.4. The molecule has 0 fully saturated rings. The fourth-order valence-electron chi connectivity index (χ4n) is 1.63. The van der Waals surface area contributed by atoms with Crippen LogP contribution in [0.4, 0.5) is 4.39 Å². The molecule has 0 aliphatic rings. The number of nitrogens with two attached hydrogens (primary N) is 1. The fraction of sp³-hybridized carbons (Fsp3) is 0.462. The summed E-state index contributed by atoms with van der Waals surface area (Å²) >= 11 is 0. The molecule has 0 amide bonds. The van der Waals surface area contributed by atoms with Crippen LogP contribution >= 0.6 is 0 Å². The van der Waals surface area contributed by atoms with Crippen LogP contribution in [0.2, 0.25) is 0 Å². The highest BCUT2D eigenvalue weighted by molar-refractivity contribution is 5.79. The second-order valence-electron chi connectivity index (χ2n) is 4.12. The average Bonchev–Trinajstić information content (AvgIpc) is 2.36. The lowest BCUT2D eigenvalue weighted by atomic mass is 10.1. The summed E-state index contributed by atoms with van der Waals surface area (Å²) < 4.78 is 12.9. The molecule has 0 aliphatic heterocycles. The Morgan fingerprint density at radius 2 is 2.22 bits per heavy atom. The minimum absolute atomic E-state index is 0.196. The van der Waals surface area contributed by atoms with E-state index in [0.717, 1.165) is 30.5 Å². The van der Waals surface area contributed by atoms with Crippen molar-refractivity contribution in [1.29, 1.82) is 0 Å². The number of hydrogen-bond acceptors (Lipinski definition) is 2. The number of rotatable bonds is 5. The first-order chi connectivity index (χ1) is 8.67. The molecular weight excluding hydrogens is 231 g/mol. The maximum Gasteiger partial charge on any atom is 0.205 e. The average molecular weight is 252 g/mol. The molecule has 100 valence electrons. The molecule has 4 nitrogen and oxygen atoms in total. The molecule has 5 heteroatoms. The van der Waals surface area contributed by atoms with Gasteiger partial charge in [-0.25, -0.2) is 10.2 Å². The van der Waals surface area contributed by atoms with Crippen LogP contribution in [0.5, 0.6) is 0 Å². The molecule has 1 rings (SSSR count). The van der Waals surface area contributed by atoms with Crippen molar-refractivity contribution >= 4 is 5.96 Å². The van der Waals surface area contributed by atoms with Gasteiger partial charge in [0.05, 0.1) is 0 Å². The van der Waals surface area contributed by atoms with Gasteiger partial charge in [-0.15, -0.1) is 0 Å². The third kappa shape index (κ3) is 4.71. The number of hydrogen-bond donors (Lipinski definition) is 3. The van der Waals surface area contributed by atoms with Crippen LogP contribution in [0, 0.1) is 12.7 Å².